The van der Waals surface area contributed by atoms with E-state index in [1.807, 2.05) is 6.07 Å². The SMILES string of the molecule is COC(=O)C(C)(C)COc1cc2c(cc1CCN)OCO2. The molecule has 0 aromatic heterocycles. The van der Waals surface area contributed by atoms with Crippen molar-refractivity contribution in [2.75, 3.05) is 27.1 Å². The van der Waals surface area contributed by atoms with E-state index in [1.54, 1.807) is 19.9 Å². The van der Waals surface area contributed by atoms with Crippen LogP contribution in [0, 0.1) is 5.41 Å². The van der Waals surface area contributed by atoms with E-state index in [0.29, 0.717) is 30.2 Å². The summed E-state index contributed by atoms with van der Waals surface area (Å²) in [5.74, 6) is 1.67. The average Bonchev–Trinajstić information content (AvgIpc) is 2.91. The summed E-state index contributed by atoms with van der Waals surface area (Å²) in [6.45, 7) is 4.45. The van der Waals surface area contributed by atoms with E-state index in [1.165, 1.54) is 7.11 Å². The van der Waals surface area contributed by atoms with Gasteiger partial charge in [-0.05, 0) is 38.4 Å². The first-order valence-corrected chi connectivity index (χ1v) is 6.81. The molecule has 0 atom stereocenters. The van der Waals surface area contributed by atoms with Crippen molar-refractivity contribution < 1.29 is 23.7 Å². The lowest BCUT2D eigenvalue weighted by atomic mass is 9.95. The molecule has 0 saturated heterocycles. The smallest absolute Gasteiger partial charge is 0.314 e. The van der Waals surface area contributed by atoms with Gasteiger partial charge in [0.05, 0.1) is 12.5 Å². The van der Waals surface area contributed by atoms with Crippen LogP contribution >= 0.6 is 0 Å². The highest BCUT2D eigenvalue weighted by Crippen LogP contribution is 2.38. The number of fused-ring (bicyclic) bond motifs is 1. The lowest BCUT2D eigenvalue weighted by Crippen LogP contribution is -2.32. The van der Waals surface area contributed by atoms with Crippen molar-refractivity contribution in [3.63, 3.8) is 0 Å². The fourth-order valence-electron chi connectivity index (χ4n) is 2.04. The van der Waals surface area contributed by atoms with Crippen LogP contribution in [0.15, 0.2) is 12.1 Å². The van der Waals surface area contributed by atoms with Gasteiger partial charge in [-0.2, -0.15) is 0 Å². The molecule has 2 rings (SSSR count). The summed E-state index contributed by atoms with van der Waals surface area (Å²) >= 11 is 0. The second-order valence-corrected chi connectivity index (χ2v) is 5.52. The molecule has 116 valence electrons. The zero-order chi connectivity index (χ0) is 15.5. The Bertz CT molecular complexity index is 527. The first-order valence-electron chi connectivity index (χ1n) is 6.81. The zero-order valence-corrected chi connectivity index (χ0v) is 12.6. The minimum absolute atomic E-state index is 0.203. The van der Waals surface area contributed by atoms with E-state index in [0.717, 1.165) is 5.56 Å². The van der Waals surface area contributed by atoms with Crippen molar-refractivity contribution in [3.05, 3.63) is 17.7 Å². The first kappa shape index (κ1) is 15.4. The molecular weight excluding hydrogens is 274 g/mol. The Morgan fingerprint density at radius 2 is 2.00 bits per heavy atom. The highest BCUT2D eigenvalue weighted by atomic mass is 16.7. The van der Waals surface area contributed by atoms with E-state index in [-0.39, 0.29) is 19.4 Å². The van der Waals surface area contributed by atoms with E-state index in [9.17, 15) is 4.79 Å². The molecule has 0 unspecified atom stereocenters. The molecule has 6 nitrogen and oxygen atoms in total. The Hall–Kier alpha value is -1.95. The molecule has 1 aromatic carbocycles. The van der Waals surface area contributed by atoms with Gasteiger partial charge in [0.2, 0.25) is 6.79 Å². The molecular formula is C15H21NO5. The predicted molar refractivity (Wildman–Crippen MR) is 76.6 cm³/mol. The van der Waals surface area contributed by atoms with Crippen molar-refractivity contribution in [1.29, 1.82) is 0 Å². The van der Waals surface area contributed by atoms with Gasteiger partial charge in [0, 0.05) is 6.07 Å². The maximum atomic E-state index is 11.7. The number of hydrogen-bond acceptors (Lipinski definition) is 6. The molecule has 21 heavy (non-hydrogen) atoms. The van der Waals surface area contributed by atoms with Gasteiger partial charge in [-0.1, -0.05) is 0 Å². The lowest BCUT2D eigenvalue weighted by Gasteiger charge is -2.22. The molecule has 6 heteroatoms. The number of hydrogen-bond donors (Lipinski definition) is 1. The standard InChI is InChI=1S/C15H21NO5/c1-15(2,14(17)18-3)8-19-11-7-13-12(20-9-21-13)6-10(11)4-5-16/h6-7H,4-5,8-9,16H2,1-3H3. The number of esters is 1. The van der Waals surface area contributed by atoms with Gasteiger partial charge in [0.25, 0.3) is 0 Å². The number of ether oxygens (including phenoxy) is 4. The minimum atomic E-state index is -0.731. The van der Waals surface area contributed by atoms with Crippen molar-refractivity contribution in [2.24, 2.45) is 11.1 Å². The largest absolute Gasteiger partial charge is 0.492 e. The molecule has 1 aromatic rings. The number of carbonyl (C=O) groups excluding carboxylic acids is 1. The van der Waals surface area contributed by atoms with E-state index in [2.05, 4.69) is 0 Å². The molecule has 1 heterocycles. The predicted octanol–water partition coefficient (Wildman–Crippen LogP) is 1.49. The molecule has 0 saturated carbocycles. The van der Waals surface area contributed by atoms with Crippen LogP contribution in [-0.4, -0.2) is 33.0 Å². The molecule has 2 N–H and O–H groups in total. The Kier molecular flexibility index (Phi) is 4.57. The molecule has 0 aliphatic carbocycles. The second kappa shape index (κ2) is 6.22. The van der Waals surface area contributed by atoms with Gasteiger partial charge in [0.15, 0.2) is 11.5 Å². The maximum absolute atomic E-state index is 11.7. The third-order valence-electron chi connectivity index (χ3n) is 3.30. The van der Waals surface area contributed by atoms with Crippen LogP contribution in [0.2, 0.25) is 0 Å². The van der Waals surface area contributed by atoms with E-state index >= 15 is 0 Å². The summed E-state index contributed by atoms with van der Waals surface area (Å²) in [6, 6.07) is 3.65. The van der Waals surface area contributed by atoms with E-state index < -0.39 is 5.41 Å². The summed E-state index contributed by atoms with van der Waals surface area (Å²) in [6.07, 6.45) is 0.657. The zero-order valence-electron chi connectivity index (χ0n) is 12.6. The summed E-state index contributed by atoms with van der Waals surface area (Å²) in [7, 11) is 1.37. The molecule has 0 radical (unpaired) electrons. The number of methoxy groups -OCH3 is 1. The van der Waals surface area contributed by atoms with Gasteiger partial charge < -0.3 is 24.7 Å². The molecule has 0 bridgehead atoms. The van der Waals surface area contributed by atoms with Gasteiger partial charge in [-0.25, -0.2) is 0 Å². The number of nitrogens with two attached hydrogens (primary N) is 1. The van der Waals surface area contributed by atoms with Gasteiger partial charge in [0.1, 0.15) is 12.4 Å². The second-order valence-electron chi connectivity index (χ2n) is 5.52. The Morgan fingerprint density at radius 1 is 1.33 bits per heavy atom. The minimum Gasteiger partial charge on any atom is -0.492 e. The molecule has 0 fully saturated rings. The fourth-order valence-corrected chi connectivity index (χ4v) is 2.04. The van der Waals surface area contributed by atoms with Gasteiger partial charge >= 0.3 is 5.97 Å². The highest BCUT2D eigenvalue weighted by Gasteiger charge is 2.30. The summed E-state index contributed by atoms with van der Waals surface area (Å²) in [4.78, 5) is 11.7. The lowest BCUT2D eigenvalue weighted by molar-refractivity contribution is -0.152. The monoisotopic (exact) mass is 295 g/mol. The van der Waals surface area contributed by atoms with Gasteiger partial charge in [-0.15, -0.1) is 0 Å². The highest BCUT2D eigenvalue weighted by molar-refractivity contribution is 5.75. The number of carbonyl (C=O) groups is 1. The third kappa shape index (κ3) is 3.39. The molecule has 1 aliphatic heterocycles. The number of rotatable bonds is 6. The summed E-state index contributed by atoms with van der Waals surface area (Å²) < 4.78 is 21.3. The summed E-state index contributed by atoms with van der Waals surface area (Å²) in [5, 5.41) is 0. The Labute approximate surface area is 124 Å². The van der Waals surface area contributed by atoms with Crippen molar-refractivity contribution in [3.8, 4) is 17.2 Å². The molecule has 0 amide bonds. The maximum Gasteiger partial charge on any atom is 0.314 e. The van der Waals surface area contributed by atoms with Crippen LogP contribution in [0.5, 0.6) is 17.2 Å². The molecule has 0 spiro atoms. The fraction of sp³-hybridized carbons (Fsp3) is 0.533. The van der Waals surface area contributed by atoms with Crippen LogP contribution < -0.4 is 19.9 Å². The quantitative estimate of drug-likeness (QED) is 0.801. The summed E-state index contributed by atoms with van der Waals surface area (Å²) in [5.41, 5.74) is 5.83. The average molecular weight is 295 g/mol. The normalized spacial score (nSPS) is 13.1. The Balaban J connectivity index is 2.17. The van der Waals surface area contributed by atoms with E-state index in [4.69, 9.17) is 24.7 Å². The first-order chi connectivity index (χ1) is 9.97. The van der Waals surface area contributed by atoms with Crippen molar-refractivity contribution in [2.45, 2.75) is 20.3 Å². The molecule has 1 aliphatic rings. The van der Waals surface area contributed by atoms with Crippen LogP contribution in [0.25, 0.3) is 0 Å². The van der Waals surface area contributed by atoms with Crippen LogP contribution in [-0.2, 0) is 16.0 Å². The Morgan fingerprint density at radius 3 is 2.62 bits per heavy atom. The van der Waals surface area contributed by atoms with Crippen molar-refractivity contribution in [1.82, 2.24) is 0 Å². The van der Waals surface area contributed by atoms with Crippen molar-refractivity contribution >= 4 is 5.97 Å². The van der Waals surface area contributed by atoms with Crippen LogP contribution in [0.3, 0.4) is 0 Å². The number of benzene rings is 1. The van der Waals surface area contributed by atoms with Crippen LogP contribution in [0.1, 0.15) is 19.4 Å². The topological polar surface area (TPSA) is 80.0 Å². The van der Waals surface area contributed by atoms with Gasteiger partial charge in [-0.3, -0.25) is 4.79 Å². The third-order valence-corrected chi connectivity index (χ3v) is 3.30. The van der Waals surface area contributed by atoms with Crippen LogP contribution in [0.4, 0.5) is 0 Å².